The molecule has 1 unspecified atom stereocenters. The third-order valence-electron chi connectivity index (χ3n) is 5.02. The van der Waals surface area contributed by atoms with Crippen LogP contribution in [0.4, 0.5) is 4.39 Å². The van der Waals surface area contributed by atoms with Gasteiger partial charge in [-0.05, 0) is 36.8 Å². The molecule has 1 heterocycles. The Morgan fingerprint density at radius 3 is 2.56 bits per heavy atom. The molecule has 0 aliphatic carbocycles. The fourth-order valence-electron chi connectivity index (χ4n) is 3.93. The normalized spacial score (nSPS) is 20.7. The van der Waals surface area contributed by atoms with Gasteiger partial charge in [0.05, 0.1) is 20.8 Å². The summed E-state index contributed by atoms with van der Waals surface area (Å²) in [6.45, 7) is 3.92. The zero-order chi connectivity index (χ0) is 18.0. The molecule has 5 heteroatoms. The molecule has 134 valence electrons. The van der Waals surface area contributed by atoms with Crippen LogP contribution in [-0.2, 0) is 13.0 Å². The largest absolute Gasteiger partial charge is 0.493 e. The topological polar surface area (TPSA) is 50.5 Å². The van der Waals surface area contributed by atoms with Crippen molar-refractivity contribution in [3.63, 3.8) is 0 Å². The Labute approximate surface area is 148 Å². The summed E-state index contributed by atoms with van der Waals surface area (Å²) in [5.41, 5.74) is 7.87. The maximum Gasteiger partial charge on any atom is 0.166 e. The lowest BCUT2D eigenvalue weighted by Gasteiger charge is -2.35. The third kappa shape index (κ3) is 3.62. The van der Waals surface area contributed by atoms with Crippen LogP contribution in [0.3, 0.4) is 0 Å². The minimum atomic E-state index is -0.181. The number of nitrogens with one attached hydrogen (secondary N) is 1. The number of methoxy groups -OCH3 is 2. The van der Waals surface area contributed by atoms with Gasteiger partial charge in [0.2, 0.25) is 0 Å². The van der Waals surface area contributed by atoms with E-state index in [-0.39, 0.29) is 17.9 Å². The summed E-state index contributed by atoms with van der Waals surface area (Å²) in [6, 6.07) is 11.5. The van der Waals surface area contributed by atoms with Crippen molar-refractivity contribution in [3.05, 3.63) is 58.9 Å². The molecule has 4 nitrogen and oxygen atoms in total. The molecule has 2 aromatic rings. The minimum absolute atomic E-state index is 0.181. The quantitative estimate of drug-likeness (QED) is 0.854. The number of hydrogen-bond donors (Lipinski definition) is 2. The van der Waals surface area contributed by atoms with E-state index in [0.29, 0.717) is 0 Å². The van der Waals surface area contributed by atoms with Crippen LogP contribution < -0.4 is 20.1 Å². The van der Waals surface area contributed by atoms with Gasteiger partial charge in [0, 0.05) is 17.5 Å². The first-order valence-corrected chi connectivity index (χ1v) is 8.70. The van der Waals surface area contributed by atoms with E-state index in [1.807, 2.05) is 6.07 Å². The van der Waals surface area contributed by atoms with Gasteiger partial charge in [-0.1, -0.05) is 12.1 Å². The van der Waals surface area contributed by atoms with Crippen LogP contribution in [0, 0.1) is 5.82 Å². The first kappa shape index (κ1) is 17.7. The molecule has 1 aliphatic heterocycles. The zero-order valence-corrected chi connectivity index (χ0v) is 15.1. The van der Waals surface area contributed by atoms with E-state index in [2.05, 4.69) is 24.8 Å². The second-order valence-corrected chi connectivity index (χ2v) is 6.83. The second kappa shape index (κ2) is 7.42. The van der Waals surface area contributed by atoms with Crippen molar-refractivity contribution in [1.29, 1.82) is 0 Å². The first-order chi connectivity index (χ1) is 12.0. The van der Waals surface area contributed by atoms with Gasteiger partial charge in [-0.25, -0.2) is 4.39 Å². The van der Waals surface area contributed by atoms with Gasteiger partial charge in [-0.3, -0.25) is 0 Å². The highest BCUT2D eigenvalue weighted by Gasteiger charge is 2.36. The number of rotatable bonds is 5. The predicted octanol–water partition coefficient (Wildman–Crippen LogP) is 1.16. The molecule has 0 aromatic heterocycles. The Hall–Kier alpha value is -2.11. The molecule has 0 spiro atoms. The van der Waals surface area contributed by atoms with Crippen molar-refractivity contribution in [2.45, 2.75) is 32.0 Å². The predicted molar refractivity (Wildman–Crippen MR) is 94.3 cm³/mol. The summed E-state index contributed by atoms with van der Waals surface area (Å²) >= 11 is 0. The van der Waals surface area contributed by atoms with Crippen molar-refractivity contribution in [1.82, 2.24) is 0 Å². The fourth-order valence-corrected chi connectivity index (χ4v) is 3.93. The van der Waals surface area contributed by atoms with E-state index >= 15 is 0 Å². The van der Waals surface area contributed by atoms with Crippen LogP contribution in [-0.4, -0.2) is 26.8 Å². The maximum absolute atomic E-state index is 13.5. The van der Waals surface area contributed by atoms with Crippen molar-refractivity contribution < 1.29 is 24.5 Å². The monoisotopic (exact) mass is 346 g/mol. The van der Waals surface area contributed by atoms with Crippen LogP contribution >= 0.6 is 0 Å². The number of ether oxygens (including phenoxy) is 2. The summed E-state index contributed by atoms with van der Waals surface area (Å²) in [5, 5.41) is 0. The van der Waals surface area contributed by atoms with Crippen LogP contribution in [0.25, 0.3) is 0 Å². The van der Waals surface area contributed by atoms with E-state index in [4.69, 9.17) is 9.47 Å². The van der Waals surface area contributed by atoms with E-state index in [1.54, 1.807) is 26.4 Å². The number of halogens is 1. The molecular formula is C20H27FN2O2+2. The van der Waals surface area contributed by atoms with Gasteiger partial charge in [0.25, 0.3) is 0 Å². The molecule has 2 aromatic carbocycles. The van der Waals surface area contributed by atoms with E-state index in [0.717, 1.165) is 36.6 Å². The van der Waals surface area contributed by atoms with E-state index in [1.165, 1.54) is 22.1 Å². The Balaban J connectivity index is 1.96. The molecule has 4 N–H and O–H groups in total. The Morgan fingerprint density at radius 2 is 1.92 bits per heavy atom. The Bertz CT molecular complexity index is 748. The van der Waals surface area contributed by atoms with Crippen molar-refractivity contribution in [3.8, 4) is 11.5 Å². The number of fused-ring (bicyclic) bond motifs is 1. The molecule has 0 bridgehead atoms. The lowest BCUT2D eigenvalue weighted by molar-refractivity contribution is -0.957. The molecule has 0 amide bonds. The Kier molecular flexibility index (Phi) is 5.25. The maximum atomic E-state index is 13.5. The molecule has 0 fully saturated rings. The molecule has 0 radical (unpaired) electrons. The lowest BCUT2D eigenvalue weighted by Crippen LogP contribution is -3.14. The van der Waals surface area contributed by atoms with Gasteiger partial charge in [0.1, 0.15) is 18.4 Å². The summed E-state index contributed by atoms with van der Waals surface area (Å²) in [7, 11) is 3.32. The fraction of sp³-hybridized carbons (Fsp3) is 0.400. The number of benzene rings is 2. The average molecular weight is 346 g/mol. The first-order valence-electron chi connectivity index (χ1n) is 8.70. The van der Waals surface area contributed by atoms with Crippen LogP contribution in [0.5, 0.6) is 11.5 Å². The summed E-state index contributed by atoms with van der Waals surface area (Å²) in [5.74, 6) is 1.34. The molecule has 3 rings (SSSR count). The summed E-state index contributed by atoms with van der Waals surface area (Å²) in [4.78, 5) is 1.41. The zero-order valence-electron chi connectivity index (χ0n) is 15.1. The molecule has 0 saturated heterocycles. The number of hydrogen-bond acceptors (Lipinski definition) is 2. The standard InChI is InChI=1S/C20H25FN2O2/c1-13(22)20-17-11-19(25-3)18(24-2)10-15(17)7-8-23(20)12-14-5-4-6-16(21)9-14/h4-6,9-11,13,20H,7-8,12,22H2,1-3H3/p+2/t13-,20+/m0/s1. The second-order valence-electron chi connectivity index (χ2n) is 6.83. The molecule has 25 heavy (non-hydrogen) atoms. The van der Waals surface area contributed by atoms with Gasteiger partial charge in [-0.15, -0.1) is 0 Å². The van der Waals surface area contributed by atoms with Gasteiger partial charge in [-0.2, -0.15) is 0 Å². The van der Waals surface area contributed by atoms with Gasteiger partial charge < -0.3 is 20.1 Å². The minimum Gasteiger partial charge on any atom is -0.493 e. The molecule has 1 aliphatic rings. The summed E-state index contributed by atoms with van der Waals surface area (Å²) < 4.78 is 24.5. The summed E-state index contributed by atoms with van der Waals surface area (Å²) in [6.07, 6.45) is 0.962. The average Bonchev–Trinajstić information content (AvgIpc) is 2.60. The third-order valence-corrected chi connectivity index (χ3v) is 5.02. The highest BCUT2D eigenvalue weighted by molar-refractivity contribution is 5.49. The van der Waals surface area contributed by atoms with Crippen molar-refractivity contribution in [2.24, 2.45) is 0 Å². The Morgan fingerprint density at radius 1 is 1.20 bits per heavy atom. The van der Waals surface area contributed by atoms with Gasteiger partial charge >= 0.3 is 0 Å². The van der Waals surface area contributed by atoms with Crippen LogP contribution in [0.2, 0.25) is 0 Å². The molecular weight excluding hydrogens is 319 g/mol. The smallest absolute Gasteiger partial charge is 0.166 e. The highest BCUT2D eigenvalue weighted by atomic mass is 19.1. The number of quaternary nitrogens is 2. The highest BCUT2D eigenvalue weighted by Crippen LogP contribution is 2.34. The van der Waals surface area contributed by atoms with Crippen molar-refractivity contribution >= 4 is 0 Å². The van der Waals surface area contributed by atoms with E-state index < -0.39 is 0 Å². The molecule has 0 saturated carbocycles. The molecule has 3 atom stereocenters. The lowest BCUT2D eigenvalue weighted by atomic mass is 9.88. The van der Waals surface area contributed by atoms with Crippen molar-refractivity contribution in [2.75, 3.05) is 20.8 Å². The van der Waals surface area contributed by atoms with Crippen LogP contribution in [0.1, 0.15) is 29.7 Å². The SMILES string of the molecule is COc1cc2c(cc1OC)[C@@H]([C@H](C)[NH3+])[NH+](Cc1cccc(F)c1)CC2. The van der Waals surface area contributed by atoms with Crippen LogP contribution in [0.15, 0.2) is 36.4 Å². The van der Waals surface area contributed by atoms with Gasteiger partial charge in [0.15, 0.2) is 17.5 Å². The van der Waals surface area contributed by atoms with E-state index in [9.17, 15) is 4.39 Å².